The molecule has 1 N–H and O–H groups in total. The van der Waals surface area contributed by atoms with Crippen molar-refractivity contribution in [2.75, 3.05) is 6.54 Å². The first-order valence-electron chi connectivity index (χ1n) is 9.11. The van der Waals surface area contributed by atoms with Crippen LogP contribution in [0.3, 0.4) is 0 Å². The minimum Gasteiger partial charge on any atom is -0.460 e. The third-order valence-electron chi connectivity index (χ3n) is 5.06. The fourth-order valence-electron chi connectivity index (χ4n) is 4.00. The van der Waals surface area contributed by atoms with Gasteiger partial charge in [-0.25, -0.2) is 0 Å². The van der Waals surface area contributed by atoms with Gasteiger partial charge in [0, 0.05) is 18.6 Å². The monoisotopic (exact) mass is 378 g/mol. The quantitative estimate of drug-likeness (QED) is 0.768. The minimum absolute atomic E-state index is 0.162. The number of esters is 1. The standard InChI is InChI=1S/C18H29F3N2O3/c1-10-6-12-7-13(22-10)15(11(2)26-16(25)17(3,4)5)23(9-12)14(24)8-18(19,20)21/h10-13,15,22H,6-9H2,1-5H3/t10-,11+,12?,13-,15?/m1/s1. The number of carbonyl (C=O) groups is 2. The van der Waals surface area contributed by atoms with E-state index in [1.807, 2.05) is 6.92 Å². The molecule has 0 aromatic heterocycles. The Balaban J connectivity index is 2.23. The first kappa shape index (κ1) is 21.0. The predicted molar refractivity (Wildman–Crippen MR) is 90.3 cm³/mol. The van der Waals surface area contributed by atoms with Gasteiger partial charge in [0.1, 0.15) is 12.5 Å². The van der Waals surface area contributed by atoms with Gasteiger partial charge >= 0.3 is 12.1 Å². The summed E-state index contributed by atoms with van der Waals surface area (Å²) in [5.74, 6) is -1.22. The van der Waals surface area contributed by atoms with E-state index in [4.69, 9.17) is 4.74 Å². The maximum atomic E-state index is 12.8. The lowest BCUT2D eigenvalue weighted by molar-refractivity contribution is -0.176. The second kappa shape index (κ2) is 7.37. The molecule has 2 aliphatic rings. The summed E-state index contributed by atoms with van der Waals surface area (Å²) in [4.78, 5) is 25.9. The van der Waals surface area contributed by atoms with Crippen LogP contribution < -0.4 is 5.32 Å². The molecule has 150 valence electrons. The van der Waals surface area contributed by atoms with Crippen LogP contribution in [0.5, 0.6) is 0 Å². The van der Waals surface area contributed by atoms with E-state index in [0.717, 1.165) is 12.8 Å². The summed E-state index contributed by atoms with van der Waals surface area (Å²) in [5.41, 5.74) is -0.723. The molecule has 2 fully saturated rings. The Morgan fingerprint density at radius 1 is 1.23 bits per heavy atom. The number of nitrogens with zero attached hydrogens (tertiary/aromatic N) is 1. The van der Waals surface area contributed by atoms with Crippen LogP contribution in [0.25, 0.3) is 0 Å². The van der Waals surface area contributed by atoms with E-state index in [1.54, 1.807) is 27.7 Å². The molecule has 2 bridgehead atoms. The molecule has 2 saturated heterocycles. The number of amides is 1. The van der Waals surface area contributed by atoms with Crippen molar-refractivity contribution in [3.05, 3.63) is 0 Å². The molecule has 0 aromatic carbocycles. The number of nitrogens with one attached hydrogen (secondary N) is 1. The van der Waals surface area contributed by atoms with Crippen LogP contribution in [0, 0.1) is 11.3 Å². The molecule has 2 aliphatic heterocycles. The zero-order valence-corrected chi connectivity index (χ0v) is 16.0. The molecule has 0 spiro atoms. The van der Waals surface area contributed by atoms with Crippen molar-refractivity contribution in [1.29, 1.82) is 0 Å². The number of hydrogen-bond acceptors (Lipinski definition) is 4. The Bertz CT molecular complexity index is 543. The van der Waals surface area contributed by atoms with Gasteiger partial charge < -0.3 is 15.0 Å². The van der Waals surface area contributed by atoms with Crippen LogP contribution in [0.15, 0.2) is 0 Å². The maximum absolute atomic E-state index is 12.8. The largest absolute Gasteiger partial charge is 0.460 e. The van der Waals surface area contributed by atoms with Gasteiger partial charge in [0.2, 0.25) is 5.91 Å². The van der Waals surface area contributed by atoms with Crippen molar-refractivity contribution < 1.29 is 27.5 Å². The molecule has 26 heavy (non-hydrogen) atoms. The smallest absolute Gasteiger partial charge is 0.397 e. The van der Waals surface area contributed by atoms with Crippen molar-refractivity contribution in [3.8, 4) is 0 Å². The Hall–Kier alpha value is -1.31. The second-order valence-electron chi connectivity index (χ2n) is 8.70. The number of hydrogen-bond donors (Lipinski definition) is 1. The topological polar surface area (TPSA) is 58.6 Å². The molecule has 0 aromatic rings. The summed E-state index contributed by atoms with van der Waals surface area (Å²) in [5, 5.41) is 3.37. The Labute approximate surface area is 152 Å². The van der Waals surface area contributed by atoms with Crippen molar-refractivity contribution in [1.82, 2.24) is 10.2 Å². The molecule has 1 amide bonds. The highest BCUT2D eigenvalue weighted by Gasteiger charge is 2.47. The number of piperidine rings is 2. The van der Waals surface area contributed by atoms with E-state index in [1.165, 1.54) is 4.90 Å². The van der Waals surface area contributed by atoms with Crippen molar-refractivity contribution >= 4 is 11.9 Å². The highest BCUT2D eigenvalue weighted by Crippen LogP contribution is 2.34. The van der Waals surface area contributed by atoms with Crippen molar-refractivity contribution in [2.45, 2.75) is 84.3 Å². The average molecular weight is 378 g/mol. The van der Waals surface area contributed by atoms with Gasteiger partial charge in [-0.3, -0.25) is 9.59 Å². The SMILES string of the molecule is C[C@@H]1CC2C[C@@H](N1)C([C@H](C)OC(=O)C(C)(C)C)N(C(=O)CC(F)(F)F)C2. The lowest BCUT2D eigenvalue weighted by Crippen LogP contribution is -2.67. The number of ether oxygens (including phenoxy) is 1. The van der Waals surface area contributed by atoms with Crippen LogP contribution in [0.4, 0.5) is 13.2 Å². The molecule has 2 unspecified atom stereocenters. The number of rotatable bonds is 3. The predicted octanol–water partition coefficient (Wildman–Crippen LogP) is 2.88. The van der Waals surface area contributed by atoms with Crippen LogP contribution in [-0.4, -0.2) is 53.7 Å². The van der Waals surface area contributed by atoms with Gasteiger partial charge in [-0.05, 0) is 53.4 Å². The van der Waals surface area contributed by atoms with Crippen molar-refractivity contribution in [2.24, 2.45) is 11.3 Å². The third-order valence-corrected chi connectivity index (χ3v) is 5.06. The zero-order valence-electron chi connectivity index (χ0n) is 16.0. The summed E-state index contributed by atoms with van der Waals surface area (Å²) in [7, 11) is 0. The van der Waals surface area contributed by atoms with Crippen LogP contribution in [0.2, 0.25) is 0 Å². The van der Waals surface area contributed by atoms with E-state index < -0.39 is 42.0 Å². The van der Waals surface area contributed by atoms with E-state index in [-0.39, 0.29) is 24.5 Å². The Kier molecular flexibility index (Phi) is 5.95. The van der Waals surface area contributed by atoms with Gasteiger partial charge in [-0.1, -0.05) is 0 Å². The molecule has 0 saturated carbocycles. The van der Waals surface area contributed by atoms with Crippen LogP contribution in [-0.2, 0) is 14.3 Å². The summed E-state index contributed by atoms with van der Waals surface area (Å²) in [6.45, 7) is 9.10. The van der Waals surface area contributed by atoms with Gasteiger partial charge in [0.25, 0.3) is 0 Å². The van der Waals surface area contributed by atoms with E-state index in [2.05, 4.69) is 5.32 Å². The zero-order chi connectivity index (χ0) is 19.9. The summed E-state index contributed by atoms with van der Waals surface area (Å²) < 4.78 is 43.8. The second-order valence-corrected chi connectivity index (χ2v) is 8.70. The molecule has 5 atom stereocenters. The van der Waals surface area contributed by atoms with E-state index in [0.29, 0.717) is 0 Å². The first-order chi connectivity index (χ1) is 11.8. The molecule has 0 radical (unpaired) electrons. The van der Waals surface area contributed by atoms with Gasteiger partial charge in [0.05, 0.1) is 11.5 Å². The molecular formula is C18H29F3N2O3. The lowest BCUT2D eigenvalue weighted by atomic mass is 9.79. The van der Waals surface area contributed by atoms with E-state index >= 15 is 0 Å². The summed E-state index contributed by atoms with van der Waals surface area (Å²) >= 11 is 0. The fourth-order valence-corrected chi connectivity index (χ4v) is 4.00. The first-order valence-corrected chi connectivity index (χ1v) is 9.11. The van der Waals surface area contributed by atoms with Gasteiger partial charge in [-0.15, -0.1) is 0 Å². The van der Waals surface area contributed by atoms with Crippen LogP contribution >= 0.6 is 0 Å². The van der Waals surface area contributed by atoms with Gasteiger partial charge in [0.15, 0.2) is 0 Å². The number of carbonyl (C=O) groups excluding carboxylic acids is 2. The highest BCUT2D eigenvalue weighted by molar-refractivity contribution is 5.78. The molecule has 2 rings (SSSR count). The normalized spacial score (nSPS) is 30.7. The van der Waals surface area contributed by atoms with E-state index in [9.17, 15) is 22.8 Å². The molecule has 8 heteroatoms. The molecular weight excluding hydrogens is 349 g/mol. The molecule has 5 nitrogen and oxygen atoms in total. The van der Waals surface area contributed by atoms with Gasteiger partial charge in [-0.2, -0.15) is 13.2 Å². The number of likely N-dealkylation sites (tertiary alicyclic amines) is 1. The molecule has 2 heterocycles. The highest BCUT2D eigenvalue weighted by atomic mass is 19.4. The summed E-state index contributed by atoms with van der Waals surface area (Å²) in [6, 6.07) is -0.570. The third kappa shape index (κ3) is 5.11. The molecule has 0 aliphatic carbocycles. The summed E-state index contributed by atoms with van der Waals surface area (Å²) in [6.07, 6.45) is -5.15. The minimum atomic E-state index is -4.56. The average Bonchev–Trinajstić information content (AvgIpc) is 2.42. The Morgan fingerprint density at radius 3 is 2.38 bits per heavy atom. The van der Waals surface area contributed by atoms with Crippen LogP contribution in [0.1, 0.15) is 53.9 Å². The number of halogens is 3. The number of fused-ring (bicyclic) bond motifs is 2. The fraction of sp³-hybridized carbons (Fsp3) is 0.889. The van der Waals surface area contributed by atoms with Crippen molar-refractivity contribution in [3.63, 3.8) is 0 Å². The number of alkyl halides is 3. The maximum Gasteiger partial charge on any atom is 0.397 e. The Morgan fingerprint density at radius 2 is 1.85 bits per heavy atom. The lowest BCUT2D eigenvalue weighted by Gasteiger charge is -2.51.